The Hall–Kier alpha value is -3.40. The van der Waals surface area contributed by atoms with Gasteiger partial charge < -0.3 is 16.6 Å². The normalized spacial score (nSPS) is 11.4. The first-order valence-electron chi connectivity index (χ1n) is 7.50. The van der Waals surface area contributed by atoms with Crippen molar-refractivity contribution in [3.8, 4) is 5.75 Å². The largest absolute Gasteiger partial charge is 0.507 e. The number of rotatable bonds is 6. The van der Waals surface area contributed by atoms with E-state index in [2.05, 4.69) is 26.0 Å². The number of benzene rings is 1. The average Bonchev–Trinajstić information content (AvgIpc) is 2.95. The quantitative estimate of drug-likeness (QED) is 0.292. The number of phenolic OH excluding ortho intramolecular Hbond substituents is 1. The summed E-state index contributed by atoms with van der Waals surface area (Å²) in [6.45, 7) is 3.18. The molecule has 0 fully saturated rings. The van der Waals surface area contributed by atoms with Gasteiger partial charge in [0.15, 0.2) is 0 Å². The van der Waals surface area contributed by atoms with E-state index >= 15 is 0 Å². The number of aromatic hydroxyl groups is 1. The Labute approximate surface area is 154 Å². The number of hydrogen-bond acceptors (Lipinski definition) is 7. The number of allylic oxidation sites excluding steroid dienone is 1. The van der Waals surface area contributed by atoms with Crippen LogP contribution in [0, 0.1) is 6.92 Å². The molecule has 1 amide bonds. The van der Waals surface area contributed by atoms with Crippen LogP contribution in [0.25, 0.3) is 6.08 Å². The average molecular weight is 373 g/mol. The fourth-order valence-electron chi connectivity index (χ4n) is 1.89. The molecule has 0 radical (unpaired) electrons. The highest BCUT2D eigenvalue weighted by Gasteiger charge is 2.12. The maximum absolute atomic E-state index is 11.0. The molecule has 0 aliphatic carbocycles. The molecule has 0 spiro atoms. The number of thiazole rings is 1. The number of carbonyl (C=O) groups is 1. The van der Waals surface area contributed by atoms with E-state index in [0.29, 0.717) is 27.0 Å². The van der Waals surface area contributed by atoms with Gasteiger partial charge in [0.05, 0.1) is 10.6 Å². The molecule has 1 heterocycles. The van der Waals surface area contributed by atoms with Gasteiger partial charge in [-0.2, -0.15) is 0 Å². The fourth-order valence-corrected chi connectivity index (χ4v) is 2.78. The Kier molecular flexibility index (Phi) is 6.28. The first kappa shape index (κ1) is 18.9. The summed E-state index contributed by atoms with van der Waals surface area (Å²) in [5.74, 6) is -0.288. The molecular weight excluding hydrogens is 354 g/mol. The number of aromatic nitrogens is 1. The van der Waals surface area contributed by atoms with Gasteiger partial charge >= 0.3 is 0 Å². The lowest BCUT2D eigenvalue weighted by atomic mass is 10.1. The van der Waals surface area contributed by atoms with Crippen LogP contribution in [-0.4, -0.2) is 27.7 Å². The lowest BCUT2D eigenvalue weighted by Gasteiger charge is -2.00. The Morgan fingerprint density at radius 2 is 2.04 bits per heavy atom. The van der Waals surface area contributed by atoms with Gasteiger partial charge in [0.1, 0.15) is 11.5 Å². The molecule has 2 aromatic rings. The number of nitrogens with zero attached hydrogens (tertiary/aromatic N) is 3. The maximum atomic E-state index is 11.0. The molecule has 0 aliphatic rings. The monoisotopic (exact) mass is 373 g/mol. The number of aryl methyl sites for hydroxylation is 1. The van der Waals surface area contributed by atoms with E-state index in [4.69, 9.17) is 11.5 Å². The first-order chi connectivity index (χ1) is 12.4. The third-order valence-electron chi connectivity index (χ3n) is 3.01. The highest BCUT2D eigenvalue weighted by Crippen LogP contribution is 2.24. The van der Waals surface area contributed by atoms with Crippen molar-refractivity contribution in [3.63, 3.8) is 0 Å². The van der Waals surface area contributed by atoms with Crippen molar-refractivity contribution in [2.75, 3.05) is 5.43 Å². The zero-order valence-electron chi connectivity index (χ0n) is 14.2. The molecule has 136 valence electrons. The second-order valence-electron chi connectivity index (χ2n) is 5.14. The minimum absolute atomic E-state index is 0.138. The van der Waals surface area contributed by atoms with Gasteiger partial charge in [-0.15, -0.1) is 10.2 Å². The Morgan fingerprint density at radius 3 is 2.69 bits per heavy atom. The Morgan fingerprint density at radius 1 is 1.31 bits per heavy atom. The van der Waals surface area contributed by atoms with E-state index in [0.717, 1.165) is 0 Å². The maximum Gasteiger partial charge on any atom is 0.235 e. The predicted molar refractivity (Wildman–Crippen MR) is 104 cm³/mol. The van der Waals surface area contributed by atoms with E-state index in [1.54, 1.807) is 43.3 Å². The minimum atomic E-state index is -0.242. The van der Waals surface area contributed by atoms with Gasteiger partial charge in [-0.25, -0.2) is 4.98 Å². The zero-order chi connectivity index (χ0) is 19.1. The van der Waals surface area contributed by atoms with Crippen molar-refractivity contribution in [2.45, 2.75) is 13.8 Å². The standard InChI is InChI=1S/C16H19N7O2S/c1-9-14(26-16(19-9)23-20-10(2)24)12(21-22-15(17)18)8-7-11-5-3-4-6-13(11)25/h3-8,25H,1-2H3,(H,19,23)(H,20,24)(H4,17,18,22)/b8-7+,21-12-. The topological polar surface area (TPSA) is 151 Å². The van der Waals surface area contributed by atoms with Crippen LogP contribution in [0.2, 0.25) is 0 Å². The Balaban J connectivity index is 2.37. The summed E-state index contributed by atoms with van der Waals surface area (Å²) in [5.41, 5.74) is 17.6. The molecular formula is C16H19N7O2S. The summed E-state index contributed by atoms with van der Waals surface area (Å²) < 4.78 is 0. The second kappa shape index (κ2) is 8.62. The number of para-hydroxylation sites is 1. The van der Waals surface area contributed by atoms with E-state index in [1.165, 1.54) is 18.3 Å². The summed E-state index contributed by atoms with van der Waals surface area (Å²) in [6.07, 6.45) is 3.36. The van der Waals surface area contributed by atoms with Crippen molar-refractivity contribution in [1.82, 2.24) is 10.4 Å². The van der Waals surface area contributed by atoms with Gasteiger partial charge in [0.2, 0.25) is 17.0 Å². The lowest BCUT2D eigenvalue weighted by Crippen LogP contribution is -2.26. The summed E-state index contributed by atoms with van der Waals surface area (Å²) in [6, 6.07) is 6.88. The van der Waals surface area contributed by atoms with Crippen molar-refractivity contribution in [2.24, 2.45) is 21.7 Å². The third kappa shape index (κ3) is 5.31. The lowest BCUT2D eigenvalue weighted by molar-refractivity contribution is -0.118. The van der Waals surface area contributed by atoms with Gasteiger partial charge in [-0.05, 0) is 25.1 Å². The van der Waals surface area contributed by atoms with E-state index in [-0.39, 0.29) is 17.6 Å². The van der Waals surface area contributed by atoms with Crippen molar-refractivity contribution >= 4 is 40.1 Å². The van der Waals surface area contributed by atoms with Crippen LogP contribution in [-0.2, 0) is 4.79 Å². The van der Waals surface area contributed by atoms with Gasteiger partial charge in [0.25, 0.3) is 0 Å². The summed E-state index contributed by atoms with van der Waals surface area (Å²) in [4.78, 5) is 16.0. The first-order valence-corrected chi connectivity index (χ1v) is 8.31. The molecule has 0 aliphatic heterocycles. The van der Waals surface area contributed by atoms with Crippen LogP contribution in [0.4, 0.5) is 5.13 Å². The predicted octanol–water partition coefficient (Wildman–Crippen LogP) is 1.31. The minimum Gasteiger partial charge on any atom is -0.507 e. The summed E-state index contributed by atoms with van der Waals surface area (Å²) >= 11 is 1.27. The molecule has 0 bridgehead atoms. The van der Waals surface area contributed by atoms with Crippen molar-refractivity contribution < 1.29 is 9.90 Å². The second-order valence-corrected chi connectivity index (χ2v) is 6.14. The Bertz CT molecular complexity index is 882. The molecule has 0 saturated heterocycles. The number of hydrogen-bond donors (Lipinski definition) is 5. The summed E-state index contributed by atoms with van der Waals surface area (Å²) in [5, 5.41) is 18.1. The molecule has 1 aromatic heterocycles. The number of anilines is 1. The molecule has 10 heteroatoms. The highest BCUT2D eigenvalue weighted by molar-refractivity contribution is 7.17. The van der Waals surface area contributed by atoms with Crippen LogP contribution < -0.4 is 22.3 Å². The van der Waals surface area contributed by atoms with Crippen LogP contribution in [0.3, 0.4) is 0 Å². The van der Waals surface area contributed by atoms with Gasteiger partial charge in [-0.3, -0.25) is 15.6 Å². The molecule has 2 rings (SSSR count). The van der Waals surface area contributed by atoms with E-state index in [9.17, 15) is 9.90 Å². The van der Waals surface area contributed by atoms with Crippen LogP contribution in [0.5, 0.6) is 5.75 Å². The molecule has 9 nitrogen and oxygen atoms in total. The number of hydrazine groups is 1. The molecule has 0 atom stereocenters. The number of nitrogens with two attached hydrogens (primary N) is 2. The smallest absolute Gasteiger partial charge is 0.235 e. The fraction of sp³-hybridized carbons (Fsp3) is 0.125. The number of nitrogens with one attached hydrogen (secondary N) is 2. The summed E-state index contributed by atoms with van der Waals surface area (Å²) in [7, 11) is 0. The number of amides is 1. The number of phenols is 1. The van der Waals surface area contributed by atoms with Crippen molar-refractivity contribution in [1.29, 1.82) is 0 Å². The number of carbonyl (C=O) groups excluding carboxylic acids is 1. The molecule has 0 saturated carbocycles. The number of guanidine groups is 1. The van der Waals surface area contributed by atoms with Crippen molar-refractivity contribution in [3.05, 3.63) is 46.5 Å². The van der Waals surface area contributed by atoms with Gasteiger partial charge in [0, 0.05) is 12.5 Å². The zero-order valence-corrected chi connectivity index (χ0v) is 15.0. The third-order valence-corrected chi connectivity index (χ3v) is 4.10. The highest BCUT2D eigenvalue weighted by atomic mass is 32.1. The van der Waals surface area contributed by atoms with Crippen LogP contribution in [0.1, 0.15) is 23.1 Å². The van der Waals surface area contributed by atoms with Crippen LogP contribution >= 0.6 is 11.3 Å². The molecule has 0 unspecified atom stereocenters. The van der Waals surface area contributed by atoms with Gasteiger partial charge in [-0.1, -0.05) is 29.5 Å². The van der Waals surface area contributed by atoms with E-state index < -0.39 is 0 Å². The molecule has 1 aromatic carbocycles. The molecule has 26 heavy (non-hydrogen) atoms. The molecule has 7 N–H and O–H groups in total. The van der Waals surface area contributed by atoms with Crippen LogP contribution in [0.15, 0.2) is 40.5 Å². The SMILES string of the molecule is CC(=O)NNc1nc(C)c(C(/C=C/c2ccccc2O)=N\N=C(N)N)s1. The van der Waals surface area contributed by atoms with E-state index in [1.807, 2.05) is 0 Å².